The Balaban J connectivity index is 2.34. The smallest absolute Gasteiger partial charge is 0.128 e. The molecule has 61 valence electrons. The van der Waals surface area contributed by atoms with E-state index in [-0.39, 0.29) is 0 Å². The number of nitrogens with zero attached hydrogens (tertiary/aromatic N) is 2. The first-order valence-electron chi connectivity index (χ1n) is 3.90. The van der Waals surface area contributed by atoms with Gasteiger partial charge in [-0.1, -0.05) is 5.92 Å². The van der Waals surface area contributed by atoms with Crippen molar-refractivity contribution in [2.75, 3.05) is 0 Å². The second-order valence-electron chi connectivity index (χ2n) is 2.95. The molecule has 0 aromatic carbocycles. The lowest BCUT2D eigenvalue weighted by Gasteiger charge is -2.01. The molecule has 2 nitrogen and oxygen atoms in total. The maximum absolute atomic E-state index is 5.22. The van der Waals surface area contributed by atoms with E-state index >= 15 is 0 Å². The van der Waals surface area contributed by atoms with Gasteiger partial charge in [0.1, 0.15) is 12.7 Å². The summed E-state index contributed by atoms with van der Waals surface area (Å²) in [6.07, 6.45) is 10.6. The van der Waals surface area contributed by atoms with Gasteiger partial charge in [0.15, 0.2) is 0 Å². The minimum absolute atomic E-state index is 0.550. The van der Waals surface area contributed by atoms with Crippen molar-refractivity contribution in [3.8, 4) is 12.3 Å². The van der Waals surface area contributed by atoms with Crippen molar-refractivity contribution in [3.63, 3.8) is 0 Å². The standard InChI is InChI=1S/C9H8BrN2/c1-2-5-12-9(7-3-4-7)8(10)6-11-12/h1,7H,3-5H2. The molecule has 1 aliphatic rings. The predicted molar refractivity (Wildman–Crippen MR) is 49.6 cm³/mol. The van der Waals surface area contributed by atoms with Crippen LogP contribution < -0.4 is 0 Å². The average Bonchev–Trinajstić information content (AvgIpc) is 2.80. The third kappa shape index (κ3) is 1.27. The Morgan fingerprint density at radius 1 is 1.75 bits per heavy atom. The van der Waals surface area contributed by atoms with Gasteiger partial charge in [0.25, 0.3) is 0 Å². The summed E-state index contributed by atoms with van der Waals surface area (Å²) in [5.74, 6) is 3.24. The summed E-state index contributed by atoms with van der Waals surface area (Å²) in [5, 5.41) is 4.07. The molecule has 1 saturated carbocycles. The van der Waals surface area contributed by atoms with Crippen LogP contribution in [0, 0.1) is 18.5 Å². The predicted octanol–water partition coefficient (Wildman–Crippen LogP) is 1.96. The van der Waals surface area contributed by atoms with E-state index in [4.69, 9.17) is 6.42 Å². The molecule has 1 aromatic rings. The summed E-state index contributed by atoms with van der Waals surface area (Å²) in [7, 11) is 0. The molecule has 0 atom stereocenters. The highest BCUT2D eigenvalue weighted by Crippen LogP contribution is 2.42. The Kier molecular flexibility index (Phi) is 1.93. The summed E-state index contributed by atoms with van der Waals surface area (Å²) in [5.41, 5.74) is 1.22. The monoisotopic (exact) mass is 223 g/mol. The highest BCUT2D eigenvalue weighted by molar-refractivity contribution is 9.10. The number of terminal acetylenes is 1. The maximum Gasteiger partial charge on any atom is 0.128 e. The summed E-state index contributed by atoms with van der Waals surface area (Å²) in [6.45, 7) is 0.550. The quantitative estimate of drug-likeness (QED) is 0.702. The Morgan fingerprint density at radius 2 is 2.50 bits per heavy atom. The van der Waals surface area contributed by atoms with Gasteiger partial charge in [-0.15, -0.1) is 6.42 Å². The molecule has 1 heterocycles. The van der Waals surface area contributed by atoms with E-state index in [1.807, 2.05) is 4.68 Å². The topological polar surface area (TPSA) is 17.8 Å². The molecular formula is C9H8BrN2. The molecular weight excluding hydrogens is 216 g/mol. The van der Waals surface area contributed by atoms with Crippen LogP contribution in [0.25, 0.3) is 0 Å². The van der Waals surface area contributed by atoms with Gasteiger partial charge in [-0.2, -0.15) is 5.10 Å². The lowest BCUT2D eigenvalue weighted by atomic mass is 10.3. The van der Waals surface area contributed by atoms with Crippen LogP contribution in [-0.2, 0) is 6.54 Å². The fraction of sp³-hybridized carbons (Fsp3) is 0.444. The molecule has 0 spiro atoms. The zero-order valence-electron chi connectivity index (χ0n) is 6.55. The van der Waals surface area contributed by atoms with Gasteiger partial charge in [0.05, 0.1) is 10.2 Å². The number of aromatic nitrogens is 2. The summed E-state index contributed by atoms with van der Waals surface area (Å²) in [6, 6.07) is 0. The lowest BCUT2D eigenvalue weighted by Crippen LogP contribution is -2.02. The van der Waals surface area contributed by atoms with Gasteiger partial charge in [-0.3, -0.25) is 4.68 Å². The van der Waals surface area contributed by atoms with Gasteiger partial charge in [0.2, 0.25) is 0 Å². The van der Waals surface area contributed by atoms with Crippen LogP contribution in [0.15, 0.2) is 4.47 Å². The number of hydrogen-bond donors (Lipinski definition) is 0. The number of hydrogen-bond acceptors (Lipinski definition) is 1. The van der Waals surface area contributed by atoms with Crippen molar-refractivity contribution in [2.45, 2.75) is 25.3 Å². The SMILES string of the molecule is C#CCn1n[c]c(Br)c1C1CC1. The molecule has 1 fully saturated rings. The molecule has 2 rings (SSSR count). The second kappa shape index (κ2) is 2.95. The lowest BCUT2D eigenvalue weighted by molar-refractivity contribution is 0.668. The molecule has 0 unspecified atom stereocenters. The summed E-state index contributed by atoms with van der Waals surface area (Å²) < 4.78 is 2.82. The summed E-state index contributed by atoms with van der Waals surface area (Å²) >= 11 is 3.42. The first-order chi connectivity index (χ1) is 5.83. The largest absolute Gasteiger partial charge is 0.255 e. The number of halogens is 1. The van der Waals surface area contributed by atoms with E-state index < -0.39 is 0 Å². The number of rotatable bonds is 2. The van der Waals surface area contributed by atoms with Crippen LogP contribution in [-0.4, -0.2) is 9.78 Å². The molecule has 0 N–H and O–H groups in total. The van der Waals surface area contributed by atoms with E-state index in [0.717, 1.165) is 4.47 Å². The highest BCUT2D eigenvalue weighted by atomic mass is 79.9. The normalized spacial score (nSPS) is 16.0. The van der Waals surface area contributed by atoms with E-state index in [9.17, 15) is 0 Å². The fourth-order valence-corrected chi connectivity index (χ4v) is 1.89. The zero-order valence-corrected chi connectivity index (χ0v) is 8.13. The second-order valence-corrected chi connectivity index (χ2v) is 3.74. The molecule has 0 saturated heterocycles. The Morgan fingerprint density at radius 3 is 3.08 bits per heavy atom. The Bertz CT molecular complexity index is 331. The van der Waals surface area contributed by atoms with Crippen molar-refractivity contribution in [1.82, 2.24) is 9.78 Å². The van der Waals surface area contributed by atoms with Gasteiger partial charge in [-0.25, -0.2) is 0 Å². The molecule has 0 aliphatic heterocycles. The van der Waals surface area contributed by atoms with Crippen LogP contribution in [0.2, 0.25) is 0 Å². The van der Waals surface area contributed by atoms with E-state index in [2.05, 4.69) is 33.1 Å². The van der Waals surface area contributed by atoms with Crippen molar-refractivity contribution in [2.24, 2.45) is 0 Å². The first-order valence-corrected chi connectivity index (χ1v) is 4.69. The first kappa shape index (κ1) is 7.88. The van der Waals surface area contributed by atoms with E-state index in [1.54, 1.807) is 0 Å². The highest BCUT2D eigenvalue weighted by Gasteiger charge is 2.29. The van der Waals surface area contributed by atoms with Crippen LogP contribution in [0.5, 0.6) is 0 Å². The van der Waals surface area contributed by atoms with Crippen LogP contribution in [0.1, 0.15) is 24.5 Å². The third-order valence-corrected chi connectivity index (χ3v) is 2.56. The van der Waals surface area contributed by atoms with Gasteiger partial charge in [0, 0.05) is 5.92 Å². The minimum Gasteiger partial charge on any atom is -0.255 e. The van der Waals surface area contributed by atoms with Gasteiger partial charge >= 0.3 is 0 Å². The third-order valence-electron chi connectivity index (χ3n) is 1.98. The van der Waals surface area contributed by atoms with Crippen LogP contribution in [0.3, 0.4) is 0 Å². The zero-order chi connectivity index (χ0) is 8.55. The van der Waals surface area contributed by atoms with E-state index in [0.29, 0.717) is 12.5 Å². The van der Waals surface area contributed by atoms with Crippen molar-refractivity contribution < 1.29 is 0 Å². The minimum atomic E-state index is 0.550. The molecule has 3 heteroatoms. The van der Waals surface area contributed by atoms with Crippen molar-refractivity contribution in [3.05, 3.63) is 16.4 Å². The maximum atomic E-state index is 5.22. The Labute approximate surface area is 80.1 Å². The molecule has 0 bridgehead atoms. The van der Waals surface area contributed by atoms with Gasteiger partial charge < -0.3 is 0 Å². The average molecular weight is 224 g/mol. The fourth-order valence-electron chi connectivity index (χ4n) is 1.28. The molecule has 1 aromatic heterocycles. The van der Waals surface area contributed by atoms with Crippen LogP contribution >= 0.6 is 15.9 Å². The van der Waals surface area contributed by atoms with Gasteiger partial charge in [-0.05, 0) is 28.8 Å². The Hall–Kier alpha value is -0.750. The molecule has 12 heavy (non-hydrogen) atoms. The molecule has 1 aliphatic carbocycles. The summed E-state index contributed by atoms with van der Waals surface area (Å²) in [4.78, 5) is 0. The van der Waals surface area contributed by atoms with Crippen molar-refractivity contribution in [1.29, 1.82) is 0 Å². The molecule has 1 radical (unpaired) electrons. The van der Waals surface area contributed by atoms with E-state index in [1.165, 1.54) is 18.5 Å². The van der Waals surface area contributed by atoms with Crippen molar-refractivity contribution >= 4 is 15.9 Å². The van der Waals surface area contributed by atoms with Crippen LogP contribution in [0.4, 0.5) is 0 Å². The molecule has 0 amide bonds.